The summed E-state index contributed by atoms with van der Waals surface area (Å²) in [7, 11) is 2.77. The van der Waals surface area contributed by atoms with Crippen molar-refractivity contribution in [1.82, 2.24) is 0 Å². The number of esters is 1. The summed E-state index contributed by atoms with van der Waals surface area (Å²) in [5.74, 6) is 0.504. The summed E-state index contributed by atoms with van der Waals surface area (Å²) in [4.78, 5) is 11.6. The van der Waals surface area contributed by atoms with Crippen molar-refractivity contribution in [3.05, 3.63) is 53.1 Å². The van der Waals surface area contributed by atoms with E-state index in [9.17, 15) is 18.0 Å². The average Bonchev–Trinajstić information content (AvgIpc) is 2.62. The van der Waals surface area contributed by atoms with Crippen LogP contribution in [0.3, 0.4) is 0 Å². The minimum absolute atomic E-state index is 0.117. The number of carbonyl (C=O) groups excluding carboxylic acids is 1. The van der Waals surface area contributed by atoms with Gasteiger partial charge in [0.15, 0.2) is 7.28 Å². The summed E-state index contributed by atoms with van der Waals surface area (Å²) < 4.78 is 49.5. The van der Waals surface area contributed by atoms with Crippen LogP contribution in [0.15, 0.2) is 36.4 Å². The molecule has 8 heteroatoms. The highest BCUT2D eigenvalue weighted by Gasteiger charge is 2.31. The van der Waals surface area contributed by atoms with E-state index in [-0.39, 0.29) is 12.4 Å². The smallest absolute Gasteiger partial charge is 0.416 e. The monoisotopic (exact) mass is 376 g/mol. The minimum Gasteiger partial charge on any atom is -0.469 e. The summed E-state index contributed by atoms with van der Waals surface area (Å²) >= 11 is 0. The van der Waals surface area contributed by atoms with Gasteiger partial charge in [-0.05, 0) is 47.8 Å². The lowest BCUT2D eigenvalue weighted by atomic mass is 9.70. The molecule has 0 aromatic heterocycles. The van der Waals surface area contributed by atoms with E-state index < -0.39 is 11.7 Å². The SMILES string of the molecule is CBCc1cc(C(F)(F)F)ccc1Oc1ccc(BC)c(CC(=O)OC)c1. The van der Waals surface area contributed by atoms with Crippen molar-refractivity contribution >= 4 is 26.0 Å². The van der Waals surface area contributed by atoms with E-state index in [0.29, 0.717) is 30.7 Å². The lowest BCUT2D eigenvalue weighted by Crippen LogP contribution is -2.20. The van der Waals surface area contributed by atoms with Crippen LogP contribution in [0.2, 0.25) is 13.6 Å². The number of carbonyl (C=O) groups is 1. The third-order valence-electron chi connectivity index (χ3n) is 4.26. The van der Waals surface area contributed by atoms with Gasteiger partial charge in [-0.2, -0.15) is 13.2 Å². The predicted octanol–water partition coefficient (Wildman–Crippen LogP) is 3.31. The van der Waals surface area contributed by atoms with Crippen molar-refractivity contribution < 1.29 is 27.4 Å². The normalized spacial score (nSPS) is 11.0. The molecule has 2 aromatic rings. The number of halogens is 3. The topological polar surface area (TPSA) is 35.5 Å². The molecule has 0 heterocycles. The third-order valence-corrected chi connectivity index (χ3v) is 4.26. The number of benzene rings is 2. The van der Waals surface area contributed by atoms with E-state index in [0.717, 1.165) is 30.4 Å². The van der Waals surface area contributed by atoms with Gasteiger partial charge in [-0.25, -0.2) is 0 Å². The van der Waals surface area contributed by atoms with Crippen LogP contribution in [0.25, 0.3) is 0 Å². The summed E-state index contributed by atoms with van der Waals surface area (Å²) in [5.41, 5.74) is 1.59. The van der Waals surface area contributed by atoms with Crippen molar-refractivity contribution in [1.29, 1.82) is 0 Å². The summed E-state index contributed by atoms with van der Waals surface area (Å²) in [6.07, 6.45) is -3.80. The molecule has 0 fully saturated rings. The van der Waals surface area contributed by atoms with Gasteiger partial charge in [-0.1, -0.05) is 25.2 Å². The fraction of sp³-hybridized carbons (Fsp3) is 0.316. The Balaban J connectivity index is 2.35. The number of methoxy groups -OCH3 is 1. The van der Waals surface area contributed by atoms with Gasteiger partial charge in [0, 0.05) is 0 Å². The Morgan fingerprint density at radius 1 is 1.07 bits per heavy atom. The Morgan fingerprint density at radius 2 is 1.81 bits per heavy atom. The molecule has 0 radical (unpaired) electrons. The molecule has 142 valence electrons. The maximum atomic E-state index is 13.0. The maximum absolute atomic E-state index is 13.0. The van der Waals surface area contributed by atoms with Crippen LogP contribution in [0.5, 0.6) is 11.5 Å². The van der Waals surface area contributed by atoms with E-state index in [1.54, 1.807) is 12.1 Å². The predicted molar refractivity (Wildman–Crippen MR) is 103 cm³/mol. The molecule has 0 N–H and O–H groups in total. The second-order valence-electron chi connectivity index (χ2n) is 6.21. The molecule has 0 saturated heterocycles. The van der Waals surface area contributed by atoms with Crippen LogP contribution in [0, 0.1) is 0 Å². The fourth-order valence-electron chi connectivity index (χ4n) is 2.85. The van der Waals surface area contributed by atoms with Crippen LogP contribution in [0.4, 0.5) is 13.2 Å². The first kappa shape index (κ1) is 20.9. The zero-order valence-electron chi connectivity index (χ0n) is 15.7. The largest absolute Gasteiger partial charge is 0.469 e. The fourth-order valence-corrected chi connectivity index (χ4v) is 2.85. The lowest BCUT2D eigenvalue weighted by molar-refractivity contribution is -0.140. The molecule has 0 bridgehead atoms. The van der Waals surface area contributed by atoms with E-state index in [1.165, 1.54) is 13.2 Å². The maximum Gasteiger partial charge on any atom is 0.416 e. The quantitative estimate of drug-likeness (QED) is 0.550. The van der Waals surface area contributed by atoms with Crippen molar-refractivity contribution in [2.75, 3.05) is 7.11 Å². The molecule has 2 aromatic carbocycles. The molecular weight excluding hydrogens is 355 g/mol. The first-order chi connectivity index (χ1) is 12.8. The molecule has 3 nitrogen and oxygen atoms in total. The van der Waals surface area contributed by atoms with Gasteiger partial charge in [0.2, 0.25) is 0 Å². The second-order valence-corrected chi connectivity index (χ2v) is 6.21. The van der Waals surface area contributed by atoms with E-state index in [1.807, 2.05) is 19.7 Å². The van der Waals surface area contributed by atoms with Crippen molar-refractivity contribution in [2.45, 2.75) is 32.6 Å². The molecule has 27 heavy (non-hydrogen) atoms. The van der Waals surface area contributed by atoms with Crippen LogP contribution in [-0.4, -0.2) is 27.6 Å². The number of alkyl halides is 3. The molecule has 0 amide bonds. The van der Waals surface area contributed by atoms with E-state index in [2.05, 4.69) is 0 Å². The second kappa shape index (κ2) is 9.02. The number of ether oxygens (including phenoxy) is 2. The number of rotatable bonds is 7. The van der Waals surface area contributed by atoms with Gasteiger partial charge in [0.05, 0.1) is 19.1 Å². The third kappa shape index (κ3) is 5.55. The standard InChI is InChI=1S/C19H21B2F3O3/c1-20-11-13-8-14(19(22,23)24)4-7-17(13)27-15-5-6-16(21-2)12(9-15)10-18(25)26-3/h4-9,20-21H,10-11H2,1-3H3. The Labute approximate surface area is 158 Å². The zero-order chi connectivity index (χ0) is 20.0. The van der Waals surface area contributed by atoms with Gasteiger partial charge >= 0.3 is 12.1 Å². The zero-order valence-corrected chi connectivity index (χ0v) is 15.7. The van der Waals surface area contributed by atoms with Crippen molar-refractivity contribution in [3.63, 3.8) is 0 Å². The highest BCUT2D eigenvalue weighted by Crippen LogP contribution is 2.34. The van der Waals surface area contributed by atoms with Crippen LogP contribution in [-0.2, 0) is 28.4 Å². The molecule has 0 spiro atoms. The number of hydrogen-bond donors (Lipinski definition) is 0. The van der Waals surface area contributed by atoms with Crippen molar-refractivity contribution in [2.24, 2.45) is 0 Å². The minimum atomic E-state index is -4.39. The Hall–Kier alpha value is -2.37. The molecule has 0 aliphatic carbocycles. The van der Waals surface area contributed by atoms with Crippen LogP contribution >= 0.6 is 0 Å². The molecular formula is C19H21B2F3O3. The molecule has 0 aliphatic heterocycles. The lowest BCUT2D eigenvalue weighted by Gasteiger charge is -2.15. The highest BCUT2D eigenvalue weighted by atomic mass is 19.4. The van der Waals surface area contributed by atoms with Crippen molar-refractivity contribution in [3.8, 4) is 11.5 Å². The van der Waals surface area contributed by atoms with Crippen LogP contribution < -0.4 is 10.2 Å². The average molecular weight is 376 g/mol. The first-order valence-corrected chi connectivity index (χ1v) is 8.85. The van der Waals surface area contributed by atoms with E-state index in [4.69, 9.17) is 9.47 Å². The molecule has 2 rings (SSSR count). The van der Waals surface area contributed by atoms with Crippen LogP contribution in [0.1, 0.15) is 16.7 Å². The highest BCUT2D eigenvalue weighted by molar-refractivity contribution is 6.52. The summed E-state index contributed by atoms with van der Waals surface area (Å²) in [6.45, 7) is 3.88. The van der Waals surface area contributed by atoms with Gasteiger partial charge in [-0.3, -0.25) is 4.79 Å². The van der Waals surface area contributed by atoms with Gasteiger partial charge in [-0.15, -0.1) is 0 Å². The summed E-state index contributed by atoms with van der Waals surface area (Å²) in [6, 6.07) is 8.85. The Kier molecular flexibility index (Phi) is 6.99. The first-order valence-electron chi connectivity index (χ1n) is 8.85. The Morgan fingerprint density at radius 3 is 2.41 bits per heavy atom. The van der Waals surface area contributed by atoms with E-state index >= 15 is 0 Å². The van der Waals surface area contributed by atoms with Gasteiger partial charge in [0.25, 0.3) is 0 Å². The molecule has 0 unspecified atom stereocenters. The number of hydrogen-bond acceptors (Lipinski definition) is 3. The molecule has 0 saturated carbocycles. The summed E-state index contributed by atoms with van der Waals surface area (Å²) in [5, 5.41) is 0. The van der Waals surface area contributed by atoms with Gasteiger partial charge in [0.1, 0.15) is 18.8 Å². The molecule has 0 atom stereocenters. The van der Waals surface area contributed by atoms with Gasteiger partial charge < -0.3 is 9.47 Å². The Bertz CT molecular complexity index is 807. The molecule has 0 aliphatic rings.